The number of phosphoric acid groups is 2. The summed E-state index contributed by atoms with van der Waals surface area (Å²) in [5.41, 5.74) is 0. The second-order valence-corrected chi connectivity index (χ2v) is 23.3. The van der Waals surface area contributed by atoms with Crippen LogP contribution in [-0.2, 0) is 55.8 Å². The third-order valence-electron chi connectivity index (χ3n) is 12.5. The average molecular weight is 1210 g/mol. The fourth-order valence-corrected chi connectivity index (χ4v) is 9.29. The van der Waals surface area contributed by atoms with Gasteiger partial charge in [0.05, 0.1) is 26.4 Å². The number of hydrogen-bond donors (Lipinski definition) is 4. The normalized spacial score (nSPS) is 15.1. The first kappa shape index (κ1) is 79.2. The van der Waals surface area contributed by atoms with Gasteiger partial charge in [0.2, 0.25) is 0 Å². The summed E-state index contributed by atoms with van der Waals surface area (Å²) in [6.45, 7) is 2.31. The van der Waals surface area contributed by atoms with Crippen LogP contribution in [0.25, 0.3) is 0 Å². The number of aliphatic hydroxyl groups is 2. The lowest BCUT2D eigenvalue weighted by atomic mass is 10.1. The second-order valence-electron chi connectivity index (χ2n) is 20.4. The number of hydrogen-bond acceptors (Lipinski definition) is 14. The minimum Gasteiger partial charge on any atom is -0.463 e. The van der Waals surface area contributed by atoms with E-state index < -0.39 is 91.5 Å². The number of esters is 3. The first-order valence-electron chi connectivity index (χ1n) is 31.2. The van der Waals surface area contributed by atoms with Crippen molar-refractivity contribution in [1.29, 1.82) is 0 Å². The maximum Gasteiger partial charge on any atom is 0.472 e. The Hall–Kier alpha value is -3.79. The molecule has 16 nitrogen and oxygen atoms in total. The largest absolute Gasteiger partial charge is 0.472 e. The Kier molecular flexibility index (Phi) is 55.9. The highest BCUT2D eigenvalue weighted by Gasteiger charge is 2.29. The molecule has 0 aromatic rings. The smallest absolute Gasteiger partial charge is 0.463 e. The minimum absolute atomic E-state index is 0.0890. The van der Waals surface area contributed by atoms with E-state index in [1.807, 2.05) is 0 Å². The van der Waals surface area contributed by atoms with E-state index in [0.29, 0.717) is 19.3 Å². The molecule has 0 aliphatic heterocycles. The predicted octanol–water partition coefficient (Wildman–Crippen LogP) is 16.5. The molecule has 83 heavy (non-hydrogen) atoms. The van der Waals surface area contributed by atoms with Crippen molar-refractivity contribution in [1.82, 2.24) is 0 Å². The summed E-state index contributed by atoms with van der Waals surface area (Å²) in [6, 6.07) is 0. The summed E-state index contributed by atoms with van der Waals surface area (Å²) in [5, 5.41) is 20.5. The van der Waals surface area contributed by atoms with Crippen molar-refractivity contribution in [2.45, 2.75) is 245 Å². The van der Waals surface area contributed by atoms with Crippen LogP contribution in [0.4, 0.5) is 0 Å². The molecular weight excluding hydrogens is 1100 g/mol. The van der Waals surface area contributed by atoms with E-state index in [1.165, 1.54) is 12.8 Å². The Bertz CT molecular complexity index is 1960. The van der Waals surface area contributed by atoms with E-state index >= 15 is 0 Å². The summed E-state index contributed by atoms with van der Waals surface area (Å²) < 4.78 is 60.6. The van der Waals surface area contributed by atoms with Crippen LogP contribution < -0.4 is 0 Å². The van der Waals surface area contributed by atoms with Crippen LogP contribution in [-0.4, -0.2) is 95.9 Å². The number of ether oxygens (including phenoxy) is 3. The fraction of sp³-hybridized carbons (Fsp3) is 0.677. The molecule has 0 fully saturated rings. The number of allylic oxidation sites excluding steroid dienone is 18. The van der Waals surface area contributed by atoms with Gasteiger partial charge in [-0.05, 0) is 116 Å². The van der Waals surface area contributed by atoms with Crippen molar-refractivity contribution in [3.8, 4) is 0 Å². The van der Waals surface area contributed by atoms with Gasteiger partial charge in [-0.2, -0.15) is 0 Å². The van der Waals surface area contributed by atoms with E-state index in [4.69, 9.17) is 32.3 Å². The average Bonchev–Trinajstić information content (AvgIpc) is 3.47. The molecule has 0 rings (SSSR count). The molecule has 0 aliphatic carbocycles. The maximum atomic E-state index is 12.8. The highest BCUT2D eigenvalue weighted by molar-refractivity contribution is 7.47. The van der Waals surface area contributed by atoms with Crippen molar-refractivity contribution in [3.63, 3.8) is 0 Å². The molecule has 0 bridgehead atoms. The van der Waals surface area contributed by atoms with E-state index in [-0.39, 0.29) is 19.3 Å². The predicted molar refractivity (Wildman–Crippen MR) is 334 cm³/mol. The number of phosphoric ester groups is 2. The molecule has 476 valence electrons. The minimum atomic E-state index is -4.92. The van der Waals surface area contributed by atoms with Crippen molar-refractivity contribution >= 4 is 33.6 Å². The van der Waals surface area contributed by atoms with Crippen LogP contribution in [0.1, 0.15) is 226 Å². The van der Waals surface area contributed by atoms with Gasteiger partial charge in [0.1, 0.15) is 25.4 Å². The summed E-state index contributed by atoms with van der Waals surface area (Å²) >= 11 is 0. The van der Waals surface area contributed by atoms with Gasteiger partial charge < -0.3 is 34.2 Å². The zero-order valence-electron chi connectivity index (χ0n) is 51.1. The van der Waals surface area contributed by atoms with Gasteiger partial charge >= 0.3 is 33.6 Å². The molecule has 0 amide bonds. The second kappa shape index (κ2) is 58.6. The molecule has 5 atom stereocenters. The first-order valence-corrected chi connectivity index (χ1v) is 34.2. The Labute approximate surface area is 500 Å². The van der Waals surface area contributed by atoms with Crippen LogP contribution in [0.15, 0.2) is 109 Å². The van der Waals surface area contributed by atoms with Gasteiger partial charge in [0.25, 0.3) is 0 Å². The van der Waals surface area contributed by atoms with E-state index in [1.54, 1.807) is 0 Å². The number of unbranched alkanes of at least 4 members (excludes halogenated alkanes) is 17. The molecule has 0 heterocycles. The van der Waals surface area contributed by atoms with Crippen molar-refractivity contribution < 1.29 is 75.8 Å². The lowest BCUT2D eigenvalue weighted by Crippen LogP contribution is -2.30. The summed E-state index contributed by atoms with van der Waals surface area (Å²) in [7, 11) is -9.78. The molecule has 0 saturated carbocycles. The molecule has 4 N–H and O–H groups in total. The standard InChI is InChI=1S/C65H110O16P2/c1-4-7-10-13-16-19-22-24-26-28-29-31-33-34-37-39-42-45-48-51-63(68)75-54-60(66)55-77-82(71,72)78-56-61(67)57-79-83(73,74)80-59-62(81-65(70)53-50-47-44-41-36-21-18-15-12-9-6-3)58-76-64(69)52-49-46-43-40-38-35-32-30-27-25-23-20-17-14-11-8-5-2/h7-8,10-11,15-20,24-27,29,31,34,37,60-62,66-67H,4-6,9,12-14,21-23,28,30,32-33,35-36,38-59H2,1-3H3,(H,71,72)(H,73,74)/b10-7-,11-8-,18-15-,19-16-,20-17-,26-24-,27-25-,31-29-,37-34-. The Morgan fingerprint density at radius 2 is 0.639 bits per heavy atom. The molecule has 0 spiro atoms. The van der Waals surface area contributed by atoms with Crippen molar-refractivity contribution in [3.05, 3.63) is 109 Å². The molecule has 18 heteroatoms. The van der Waals surface area contributed by atoms with Gasteiger partial charge in [-0.3, -0.25) is 32.5 Å². The van der Waals surface area contributed by atoms with Gasteiger partial charge in [-0.25, -0.2) is 9.13 Å². The monoisotopic (exact) mass is 1210 g/mol. The molecule has 0 aromatic carbocycles. The van der Waals surface area contributed by atoms with E-state index in [2.05, 4.69) is 130 Å². The highest BCUT2D eigenvalue weighted by atomic mass is 31.2. The quantitative estimate of drug-likeness (QED) is 0.0146. The zero-order valence-corrected chi connectivity index (χ0v) is 52.9. The zero-order chi connectivity index (χ0) is 61.0. The SMILES string of the molecule is CC/C=C\C/C=C\C/C=C\C/C=C\C/C=C\CCCCCC(=O)OCC(O)COP(=O)(O)OCC(O)COP(=O)(O)OCC(COC(=O)CCCCCCCCC/C=C\C/C=C\C/C=C\CC)OC(=O)CCCCCCC/C=C\CCCC. The number of aliphatic hydroxyl groups excluding tert-OH is 2. The number of rotatable bonds is 58. The highest BCUT2D eigenvalue weighted by Crippen LogP contribution is 2.45. The third-order valence-corrected chi connectivity index (χ3v) is 14.4. The fourth-order valence-electron chi connectivity index (χ4n) is 7.71. The maximum absolute atomic E-state index is 12.8. The third kappa shape index (κ3) is 59.7. The Morgan fingerprint density at radius 1 is 0.349 bits per heavy atom. The van der Waals surface area contributed by atoms with Crippen LogP contribution in [0.5, 0.6) is 0 Å². The lowest BCUT2D eigenvalue weighted by molar-refractivity contribution is -0.161. The van der Waals surface area contributed by atoms with Crippen LogP contribution >= 0.6 is 15.6 Å². The van der Waals surface area contributed by atoms with Gasteiger partial charge in [0.15, 0.2) is 6.10 Å². The number of carbonyl (C=O) groups excluding carboxylic acids is 3. The summed E-state index contributed by atoms with van der Waals surface area (Å²) in [6.07, 6.45) is 63.0. The van der Waals surface area contributed by atoms with E-state index in [0.717, 1.165) is 154 Å². The Balaban J connectivity index is 4.66. The van der Waals surface area contributed by atoms with Crippen molar-refractivity contribution in [2.24, 2.45) is 0 Å². The molecule has 0 saturated heterocycles. The van der Waals surface area contributed by atoms with Crippen molar-refractivity contribution in [2.75, 3.05) is 39.6 Å². The van der Waals surface area contributed by atoms with Crippen LogP contribution in [0, 0.1) is 0 Å². The van der Waals surface area contributed by atoms with Crippen LogP contribution in [0.2, 0.25) is 0 Å². The topological polar surface area (TPSA) is 231 Å². The molecular formula is C65H110O16P2. The van der Waals surface area contributed by atoms with Gasteiger partial charge in [-0.1, -0.05) is 201 Å². The van der Waals surface area contributed by atoms with Crippen LogP contribution in [0.3, 0.4) is 0 Å². The van der Waals surface area contributed by atoms with Gasteiger partial charge in [0, 0.05) is 19.3 Å². The number of carbonyl (C=O) groups is 3. The molecule has 0 aliphatic rings. The summed E-state index contributed by atoms with van der Waals surface area (Å²) in [5.74, 6) is -1.63. The Morgan fingerprint density at radius 3 is 1.04 bits per heavy atom. The first-order chi connectivity index (χ1) is 40.2. The molecule has 5 unspecified atom stereocenters. The lowest BCUT2D eigenvalue weighted by Gasteiger charge is -2.21. The molecule has 0 aromatic heterocycles. The molecule has 0 radical (unpaired) electrons. The summed E-state index contributed by atoms with van der Waals surface area (Å²) in [4.78, 5) is 58.1. The van der Waals surface area contributed by atoms with E-state index in [9.17, 15) is 43.5 Å². The van der Waals surface area contributed by atoms with Gasteiger partial charge in [-0.15, -0.1) is 0 Å².